The summed E-state index contributed by atoms with van der Waals surface area (Å²) in [5.41, 5.74) is 2.75. The molecule has 0 spiro atoms. The van der Waals surface area contributed by atoms with Crippen molar-refractivity contribution in [1.29, 1.82) is 0 Å². The fourth-order valence-corrected chi connectivity index (χ4v) is 1.87. The molecule has 0 aliphatic heterocycles. The Kier molecular flexibility index (Phi) is 5.67. The summed E-state index contributed by atoms with van der Waals surface area (Å²) >= 11 is 0. The molecular weight excluding hydrogens is 194 g/mol. The van der Waals surface area contributed by atoms with E-state index in [1.807, 2.05) is 7.05 Å². The van der Waals surface area contributed by atoms with Gasteiger partial charge in [0, 0.05) is 12.5 Å². The number of rotatable bonds is 6. The Bertz CT molecular complexity index is 331. The van der Waals surface area contributed by atoms with Crippen LogP contribution in [0, 0.1) is 12.3 Å². The summed E-state index contributed by atoms with van der Waals surface area (Å²) in [4.78, 5) is 0. The molecule has 0 amide bonds. The van der Waals surface area contributed by atoms with Crippen LogP contribution >= 0.6 is 0 Å². The number of hydrogen-bond acceptors (Lipinski definition) is 1. The van der Waals surface area contributed by atoms with E-state index in [0.29, 0.717) is 6.04 Å². The Morgan fingerprint density at radius 1 is 1.31 bits per heavy atom. The Balaban J connectivity index is 2.60. The standard InChI is InChI=1S/C15H21N/c1-4-6-7-8-15(16-3)14-11-9-13(5-2)10-12-14/h1,9-12,15-16H,5-8H2,2-3H3. The third-order valence-electron chi connectivity index (χ3n) is 2.95. The van der Waals surface area contributed by atoms with E-state index >= 15 is 0 Å². The molecular formula is C15H21N. The fourth-order valence-electron chi connectivity index (χ4n) is 1.87. The first-order chi connectivity index (χ1) is 7.81. The lowest BCUT2D eigenvalue weighted by Crippen LogP contribution is -2.16. The zero-order valence-corrected chi connectivity index (χ0v) is 10.3. The van der Waals surface area contributed by atoms with Gasteiger partial charge in [0.1, 0.15) is 0 Å². The molecule has 0 bridgehead atoms. The molecule has 0 heterocycles. The van der Waals surface area contributed by atoms with Crippen molar-refractivity contribution in [3.8, 4) is 12.3 Å². The maximum atomic E-state index is 5.26. The topological polar surface area (TPSA) is 12.0 Å². The molecule has 1 rings (SSSR count). The quantitative estimate of drug-likeness (QED) is 0.567. The van der Waals surface area contributed by atoms with Crippen molar-refractivity contribution < 1.29 is 0 Å². The summed E-state index contributed by atoms with van der Waals surface area (Å²) in [7, 11) is 2.01. The van der Waals surface area contributed by atoms with Crippen LogP contribution in [-0.2, 0) is 6.42 Å². The molecule has 86 valence electrons. The van der Waals surface area contributed by atoms with Gasteiger partial charge in [0.25, 0.3) is 0 Å². The fraction of sp³-hybridized carbons (Fsp3) is 0.467. The van der Waals surface area contributed by atoms with E-state index in [-0.39, 0.29) is 0 Å². The monoisotopic (exact) mass is 215 g/mol. The Morgan fingerprint density at radius 3 is 2.50 bits per heavy atom. The molecule has 0 aliphatic carbocycles. The van der Waals surface area contributed by atoms with Gasteiger partial charge in [-0.3, -0.25) is 0 Å². The van der Waals surface area contributed by atoms with E-state index in [4.69, 9.17) is 6.42 Å². The first kappa shape index (κ1) is 12.8. The van der Waals surface area contributed by atoms with E-state index in [1.54, 1.807) is 0 Å². The van der Waals surface area contributed by atoms with Gasteiger partial charge in [-0.15, -0.1) is 12.3 Å². The number of aryl methyl sites for hydroxylation is 1. The van der Waals surface area contributed by atoms with Crippen LogP contribution in [0.5, 0.6) is 0 Å². The van der Waals surface area contributed by atoms with Gasteiger partial charge in [0.15, 0.2) is 0 Å². The summed E-state index contributed by atoms with van der Waals surface area (Å²) in [5, 5.41) is 3.35. The average molecular weight is 215 g/mol. The van der Waals surface area contributed by atoms with E-state index in [2.05, 4.69) is 42.4 Å². The second-order valence-corrected chi connectivity index (χ2v) is 4.03. The van der Waals surface area contributed by atoms with E-state index in [0.717, 1.165) is 25.7 Å². The predicted molar refractivity (Wildman–Crippen MR) is 70.3 cm³/mol. The lowest BCUT2D eigenvalue weighted by Gasteiger charge is -2.16. The summed E-state index contributed by atoms with van der Waals surface area (Å²) < 4.78 is 0. The molecule has 0 saturated carbocycles. The zero-order valence-electron chi connectivity index (χ0n) is 10.3. The third kappa shape index (κ3) is 3.72. The lowest BCUT2D eigenvalue weighted by atomic mass is 9.99. The molecule has 1 atom stereocenters. The van der Waals surface area contributed by atoms with Gasteiger partial charge in [-0.1, -0.05) is 31.2 Å². The second-order valence-electron chi connectivity index (χ2n) is 4.03. The van der Waals surface area contributed by atoms with E-state index in [1.165, 1.54) is 11.1 Å². The van der Waals surface area contributed by atoms with Crippen molar-refractivity contribution >= 4 is 0 Å². The Labute approximate surface area is 99.3 Å². The molecule has 0 aromatic heterocycles. The molecule has 1 aromatic rings. The zero-order chi connectivity index (χ0) is 11.8. The van der Waals surface area contributed by atoms with E-state index in [9.17, 15) is 0 Å². The van der Waals surface area contributed by atoms with E-state index < -0.39 is 0 Å². The molecule has 0 radical (unpaired) electrons. The van der Waals surface area contributed by atoms with Crippen LogP contribution in [0.4, 0.5) is 0 Å². The van der Waals surface area contributed by atoms with Gasteiger partial charge in [-0.05, 0) is 37.4 Å². The number of nitrogens with one attached hydrogen (secondary N) is 1. The average Bonchev–Trinajstić information content (AvgIpc) is 2.35. The van der Waals surface area contributed by atoms with Crippen LogP contribution in [0.15, 0.2) is 24.3 Å². The molecule has 0 aliphatic rings. The highest BCUT2D eigenvalue weighted by molar-refractivity contribution is 5.25. The Morgan fingerprint density at radius 2 is 2.00 bits per heavy atom. The van der Waals surface area contributed by atoms with Gasteiger partial charge in [0.2, 0.25) is 0 Å². The molecule has 16 heavy (non-hydrogen) atoms. The summed E-state index contributed by atoms with van der Waals surface area (Å²) in [6.07, 6.45) is 9.41. The molecule has 1 unspecified atom stereocenters. The van der Waals surface area contributed by atoms with Crippen LogP contribution in [0.3, 0.4) is 0 Å². The number of unbranched alkanes of at least 4 members (excludes halogenated alkanes) is 1. The van der Waals surface area contributed by atoms with Crippen molar-refractivity contribution in [2.75, 3.05) is 7.05 Å². The summed E-state index contributed by atoms with van der Waals surface area (Å²) in [6.45, 7) is 2.18. The largest absolute Gasteiger partial charge is 0.313 e. The van der Waals surface area contributed by atoms with Gasteiger partial charge in [0.05, 0.1) is 0 Å². The number of benzene rings is 1. The number of terminal acetylenes is 1. The molecule has 1 nitrogen and oxygen atoms in total. The highest BCUT2D eigenvalue weighted by Crippen LogP contribution is 2.19. The van der Waals surface area contributed by atoms with Crippen molar-refractivity contribution in [3.05, 3.63) is 35.4 Å². The molecule has 1 aromatic carbocycles. The third-order valence-corrected chi connectivity index (χ3v) is 2.95. The molecule has 1 heteroatoms. The normalized spacial score (nSPS) is 12.1. The van der Waals surface area contributed by atoms with Gasteiger partial charge < -0.3 is 5.32 Å². The summed E-state index contributed by atoms with van der Waals surface area (Å²) in [5.74, 6) is 2.69. The highest BCUT2D eigenvalue weighted by Gasteiger charge is 2.07. The second kappa shape index (κ2) is 7.09. The van der Waals surface area contributed by atoms with Crippen LogP contribution in [0.25, 0.3) is 0 Å². The maximum Gasteiger partial charge on any atom is 0.0317 e. The SMILES string of the molecule is C#CCCCC(NC)c1ccc(CC)cc1. The van der Waals surface area contributed by atoms with Crippen LogP contribution in [-0.4, -0.2) is 7.05 Å². The van der Waals surface area contributed by atoms with Gasteiger partial charge >= 0.3 is 0 Å². The maximum absolute atomic E-state index is 5.26. The molecule has 0 saturated heterocycles. The Hall–Kier alpha value is -1.26. The van der Waals surface area contributed by atoms with Crippen LogP contribution in [0.1, 0.15) is 43.4 Å². The van der Waals surface area contributed by atoms with Crippen molar-refractivity contribution in [2.24, 2.45) is 0 Å². The van der Waals surface area contributed by atoms with Crippen molar-refractivity contribution in [1.82, 2.24) is 5.32 Å². The minimum Gasteiger partial charge on any atom is -0.313 e. The smallest absolute Gasteiger partial charge is 0.0317 e. The highest BCUT2D eigenvalue weighted by atomic mass is 14.9. The van der Waals surface area contributed by atoms with Crippen molar-refractivity contribution in [2.45, 2.75) is 38.6 Å². The first-order valence-electron chi connectivity index (χ1n) is 6.01. The summed E-state index contributed by atoms with van der Waals surface area (Å²) in [6, 6.07) is 9.28. The van der Waals surface area contributed by atoms with Gasteiger partial charge in [-0.2, -0.15) is 0 Å². The van der Waals surface area contributed by atoms with Gasteiger partial charge in [-0.25, -0.2) is 0 Å². The molecule has 0 fully saturated rings. The minimum absolute atomic E-state index is 0.430. The van der Waals surface area contributed by atoms with Crippen LogP contribution < -0.4 is 5.32 Å². The number of hydrogen-bond donors (Lipinski definition) is 1. The minimum atomic E-state index is 0.430. The first-order valence-corrected chi connectivity index (χ1v) is 6.01. The van der Waals surface area contributed by atoms with Crippen molar-refractivity contribution in [3.63, 3.8) is 0 Å². The molecule has 1 N–H and O–H groups in total. The predicted octanol–water partition coefficient (Wildman–Crippen LogP) is 3.31. The lowest BCUT2D eigenvalue weighted by molar-refractivity contribution is 0.532. The van der Waals surface area contributed by atoms with Crippen LogP contribution in [0.2, 0.25) is 0 Å².